The summed E-state index contributed by atoms with van der Waals surface area (Å²) >= 11 is 0. The lowest BCUT2D eigenvalue weighted by Crippen LogP contribution is -2.53. The van der Waals surface area contributed by atoms with Crippen LogP contribution in [0.2, 0.25) is 0 Å². The van der Waals surface area contributed by atoms with Gasteiger partial charge in [-0.1, -0.05) is 32.9 Å². The summed E-state index contributed by atoms with van der Waals surface area (Å²) < 4.78 is 5.46. The molecular formula is C23H34N2O3. The van der Waals surface area contributed by atoms with Gasteiger partial charge in [0.05, 0.1) is 19.3 Å². The summed E-state index contributed by atoms with van der Waals surface area (Å²) in [6, 6.07) is 8.31. The molecule has 0 radical (unpaired) electrons. The first kappa shape index (κ1) is 19.9. The molecule has 1 aromatic carbocycles. The molecule has 1 amide bonds. The minimum Gasteiger partial charge on any atom is -0.391 e. The third-order valence-corrected chi connectivity index (χ3v) is 6.91. The Balaban J connectivity index is 1.41. The van der Waals surface area contributed by atoms with Gasteiger partial charge in [0.15, 0.2) is 0 Å². The lowest BCUT2D eigenvalue weighted by molar-refractivity contribution is -0.0520. The number of benzene rings is 1. The number of aliphatic hydroxyl groups is 1. The number of aliphatic hydroxyl groups excluding tert-OH is 1. The maximum atomic E-state index is 13.1. The predicted molar refractivity (Wildman–Crippen MR) is 109 cm³/mol. The fourth-order valence-electron chi connectivity index (χ4n) is 5.17. The van der Waals surface area contributed by atoms with Gasteiger partial charge in [-0.05, 0) is 47.8 Å². The molecule has 154 valence electrons. The fraction of sp³-hybridized carbons (Fsp3) is 0.696. The van der Waals surface area contributed by atoms with E-state index >= 15 is 0 Å². The first-order valence-electron chi connectivity index (χ1n) is 10.7. The molecule has 1 saturated carbocycles. The summed E-state index contributed by atoms with van der Waals surface area (Å²) in [5.41, 5.74) is 2.11. The van der Waals surface area contributed by atoms with Gasteiger partial charge in [0.1, 0.15) is 0 Å². The maximum absolute atomic E-state index is 13.1. The van der Waals surface area contributed by atoms with Crippen molar-refractivity contribution in [3.63, 3.8) is 0 Å². The lowest BCUT2D eigenvalue weighted by atomic mass is 9.77. The number of ether oxygens (including phenoxy) is 1. The Morgan fingerprint density at radius 2 is 1.64 bits per heavy atom. The van der Waals surface area contributed by atoms with E-state index in [2.05, 4.69) is 37.8 Å². The monoisotopic (exact) mass is 386 g/mol. The molecular weight excluding hydrogens is 352 g/mol. The second-order valence-electron chi connectivity index (χ2n) is 9.81. The van der Waals surface area contributed by atoms with E-state index in [1.165, 1.54) is 5.56 Å². The average molecular weight is 387 g/mol. The van der Waals surface area contributed by atoms with Crippen LogP contribution in [0.5, 0.6) is 0 Å². The molecule has 4 rings (SSSR count). The number of rotatable bonds is 2. The number of carbonyl (C=O) groups excluding carboxylic acids is 1. The first-order valence-corrected chi connectivity index (χ1v) is 10.7. The SMILES string of the molecule is CC(C)(C)c1ccc(C(=O)N2C[C@H]3C[C@@H](N4CCOCC4)[C@H](O)C[C@H]3C2)cc1. The summed E-state index contributed by atoms with van der Waals surface area (Å²) in [5.74, 6) is 1.05. The Hall–Kier alpha value is -1.43. The Bertz CT molecular complexity index is 691. The zero-order chi connectivity index (χ0) is 19.9. The summed E-state index contributed by atoms with van der Waals surface area (Å²) in [6.07, 6.45) is 1.50. The van der Waals surface area contributed by atoms with E-state index in [0.29, 0.717) is 11.8 Å². The summed E-state index contributed by atoms with van der Waals surface area (Å²) in [6.45, 7) is 11.5. The van der Waals surface area contributed by atoms with Crippen LogP contribution in [0.1, 0.15) is 49.5 Å². The number of hydrogen-bond donors (Lipinski definition) is 1. The van der Waals surface area contributed by atoms with Gasteiger partial charge >= 0.3 is 0 Å². The molecule has 5 nitrogen and oxygen atoms in total. The molecule has 0 unspecified atom stereocenters. The zero-order valence-corrected chi connectivity index (χ0v) is 17.4. The molecule has 1 aromatic rings. The van der Waals surface area contributed by atoms with Crippen molar-refractivity contribution >= 4 is 5.91 Å². The molecule has 4 atom stereocenters. The van der Waals surface area contributed by atoms with Crippen LogP contribution >= 0.6 is 0 Å². The molecule has 5 heteroatoms. The first-order chi connectivity index (χ1) is 13.3. The highest BCUT2D eigenvalue weighted by Gasteiger charge is 2.44. The fourth-order valence-corrected chi connectivity index (χ4v) is 5.17. The molecule has 28 heavy (non-hydrogen) atoms. The minimum atomic E-state index is -0.291. The van der Waals surface area contributed by atoms with Crippen LogP contribution in [0.15, 0.2) is 24.3 Å². The smallest absolute Gasteiger partial charge is 0.253 e. The number of amides is 1. The Morgan fingerprint density at radius 3 is 2.25 bits per heavy atom. The largest absolute Gasteiger partial charge is 0.391 e. The Kier molecular flexibility index (Phi) is 5.51. The van der Waals surface area contributed by atoms with Gasteiger partial charge in [0.2, 0.25) is 0 Å². The van der Waals surface area contributed by atoms with Gasteiger partial charge in [-0.25, -0.2) is 0 Å². The van der Waals surface area contributed by atoms with E-state index in [0.717, 1.165) is 57.8 Å². The Morgan fingerprint density at radius 1 is 1.04 bits per heavy atom. The van der Waals surface area contributed by atoms with Gasteiger partial charge in [-0.2, -0.15) is 0 Å². The number of fused-ring (bicyclic) bond motifs is 1. The van der Waals surface area contributed by atoms with Crippen molar-refractivity contribution in [2.45, 2.75) is 51.2 Å². The lowest BCUT2D eigenvalue weighted by Gasteiger charge is -2.43. The average Bonchev–Trinajstić information content (AvgIpc) is 3.09. The van der Waals surface area contributed by atoms with Crippen molar-refractivity contribution < 1.29 is 14.6 Å². The molecule has 0 spiro atoms. The second kappa shape index (κ2) is 7.77. The van der Waals surface area contributed by atoms with E-state index < -0.39 is 0 Å². The van der Waals surface area contributed by atoms with Crippen molar-refractivity contribution in [1.29, 1.82) is 0 Å². The number of morpholine rings is 1. The quantitative estimate of drug-likeness (QED) is 0.849. The van der Waals surface area contributed by atoms with Gasteiger partial charge in [0, 0.05) is 37.8 Å². The van der Waals surface area contributed by atoms with Gasteiger partial charge < -0.3 is 14.7 Å². The molecule has 1 N–H and O–H groups in total. The Labute approximate surface area is 168 Å². The second-order valence-corrected chi connectivity index (χ2v) is 9.81. The van der Waals surface area contributed by atoms with Crippen molar-refractivity contribution in [1.82, 2.24) is 9.80 Å². The molecule has 2 saturated heterocycles. The van der Waals surface area contributed by atoms with Crippen molar-refractivity contribution in [3.05, 3.63) is 35.4 Å². The third kappa shape index (κ3) is 3.98. The summed E-state index contributed by atoms with van der Waals surface area (Å²) in [5, 5.41) is 10.7. The van der Waals surface area contributed by atoms with Crippen LogP contribution in [0.25, 0.3) is 0 Å². The highest BCUT2D eigenvalue weighted by molar-refractivity contribution is 5.94. The highest BCUT2D eigenvalue weighted by atomic mass is 16.5. The van der Waals surface area contributed by atoms with Crippen LogP contribution in [0, 0.1) is 11.8 Å². The maximum Gasteiger partial charge on any atom is 0.253 e. The van der Waals surface area contributed by atoms with Gasteiger partial charge in [0.25, 0.3) is 5.91 Å². The number of hydrogen-bond acceptors (Lipinski definition) is 4. The van der Waals surface area contributed by atoms with E-state index in [4.69, 9.17) is 4.74 Å². The number of carbonyl (C=O) groups is 1. The van der Waals surface area contributed by atoms with Crippen LogP contribution < -0.4 is 0 Å². The van der Waals surface area contributed by atoms with Crippen LogP contribution in [0.4, 0.5) is 0 Å². The van der Waals surface area contributed by atoms with Gasteiger partial charge in [-0.15, -0.1) is 0 Å². The standard InChI is InChI=1S/C23H34N2O3/c1-23(2,3)19-6-4-16(5-7-19)22(27)25-14-17-12-20(21(26)13-18(17)15-25)24-8-10-28-11-9-24/h4-7,17-18,20-21,26H,8-15H2,1-3H3/t17-,18+,20-,21-/m1/s1. The highest BCUT2D eigenvalue weighted by Crippen LogP contribution is 2.39. The molecule has 0 aromatic heterocycles. The summed E-state index contributed by atoms with van der Waals surface area (Å²) in [4.78, 5) is 17.5. The molecule has 3 fully saturated rings. The van der Waals surface area contributed by atoms with Crippen molar-refractivity contribution in [2.24, 2.45) is 11.8 Å². The topological polar surface area (TPSA) is 53.0 Å². The zero-order valence-electron chi connectivity index (χ0n) is 17.4. The summed E-state index contributed by atoms with van der Waals surface area (Å²) in [7, 11) is 0. The number of likely N-dealkylation sites (tertiary alicyclic amines) is 1. The van der Waals surface area contributed by atoms with Crippen molar-refractivity contribution in [3.8, 4) is 0 Å². The minimum absolute atomic E-state index is 0.0921. The van der Waals surface area contributed by atoms with E-state index in [1.54, 1.807) is 0 Å². The van der Waals surface area contributed by atoms with E-state index in [-0.39, 0.29) is 23.5 Å². The molecule has 2 heterocycles. The van der Waals surface area contributed by atoms with Crippen LogP contribution in [-0.4, -0.2) is 72.4 Å². The number of nitrogens with zero attached hydrogens (tertiary/aromatic N) is 2. The normalized spacial score (nSPS) is 31.6. The van der Waals surface area contributed by atoms with Gasteiger partial charge in [-0.3, -0.25) is 9.69 Å². The molecule has 0 bridgehead atoms. The predicted octanol–water partition coefficient (Wildman–Crippen LogP) is 2.53. The van der Waals surface area contributed by atoms with E-state index in [1.807, 2.05) is 17.0 Å². The molecule has 2 aliphatic heterocycles. The van der Waals surface area contributed by atoms with E-state index in [9.17, 15) is 9.90 Å². The molecule has 1 aliphatic carbocycles. The molecule has 3 aliphatic rings. The van der Waals surface area contributed by atoms with Crippen LogP contribution in [-0.2, 0) is 10.2 Å². The third-order valence-electron chi connectivity index (χ3n) is 6.91. The van der Waals surface area contributed by atoms with Crippen LogP contribution in [0.3, 0.4) is 0 Å². The van der Waals surface area contributed by atoms with Crippen molar-refractivity contribution in [2.75, 3.05) is 39.4 Å².